The molecule has 17 heavy (non-hydrogen) atoms. The second-order valence-electron chi connectivity index (χ2n) is 3.60. The van der Waals surface area contributed by atoms with E-state index in [1.54, 1.807) is 16.9 Å². The van der Waals surface area contributed by atoms with Crippen LogP contribution in [0.5, 0.6) is 0 Å². The molecule has 88 valence electrons. The Balaban J connectivity index is 1.97. The first kappa shape index (κ1) is 11.1. The van der Waals surface area contributed by atoms with Crippen molar-refractivity contribution >= 4 is 11.7 Å². The molecule has 0 amide bonds. The van der Waals surface area contributed by atoms with Crippen LogP contribution in [0, 0.1) is 0 Å². The van der Waals surface area contributed by atoms with E-state index in [1.165, 1.54) is 12.3 Å². The molecule has 0 fully saturated rings. The smallest absolute Gasteiger partial charge is 0.337 e. The van der Waals surface area contributed by atoms with Gasteiger partial charge in [0.25, 0.3) is 0 Å². The minimum Gasteiger partial charge on any atom is -0.478 e. The molecule has 0 radical (unpaired) electrons. The molecule has 2 heterocycles. The summed E-state index contributed by atoms with van der Waals surface area (Å²) >= 11 is 0. The van der Waals surface area contributed by atoms with Crippen LogP contribution in [-0.4, -0.2) is 25.8 Å². The van der Waals surface area contributed by atoms with Crippen LogP contribution in [0.4, 0.5) is 5.69 Å². The maximum absolute atomic E-state index is 10.6. The average molecular weight is 232 g/mol. The number of rotatable bonds is 4. The van der Waals surface area contributed by atoms with Crippen molar-refractivity contribution in [3.63, 3.8) is 0 Å². The van der Waals surface area contributed by atoms with Crippen LogP contribution in [0.2, 0.25) is 0 Å². The molecular formula is C11H12N4O2. The van der Waals surface area contributed by atoms with Gasteiger partial charge in [-0.25, -0.2) is 4.79 Å². The largest absolute Gasteiger partial charge is 0.478 e. The van der Waals surface area contributed by atoms with E-state index in [0.717, 1.165) is 11.4 Å². The Bertz CT molecular complexity index is 519. The lowest BCUT2D eigenvalue weighted by atomic mass is 10.2. The Kier molecular flexibility index (Phi) is 3.04. The van der Waals surface area contributed by atoms with E-state index in [9.17, 15) is 4.79 Å². The third-order valence-corrected chi connectivity index (χ3v) is 2.25. The number of hydrogen-bond donors (Lipinski definition) is 2. The van der Waals surface area contributed by atoms with Crippen molar-refractivity contribution in [2.24, 2.45) is 7.05 Å². The number of hydrogen-bond acceptors (Lipinski definition) is 4. The standard InChI is InChI=1S/C11H12N4O2/c1-15-7-10(6-14-15)13-5-9-3-2-8(4-12-9)11(16)17/h2-4,6-7,13H,5H2,1H3,(H,16,17). The average Bonchev–Trinajstić information content (AvgIpc) is 2.73. The summed E-state index contributed by atoms with van der Waals surface area (Å²) in [7, 11) is 1.84. The van der Waals surface area contributed by atoms with Gasteiger partial charge in [0.15, 0.2) is 0 Å². The summed E-state index contributed by atoms with van der Waals surface area (Å²) < 4.78 is 1.70. The van der Waals surface area contributed by atoms with Gasteiger partial charge in [-0.05, 0) is 12.1 Å². The van der Waals surface area contributed by atoms with E-state index in [0.29, 0.717) is 6.54 Å². The number of anilines is 1. The molecular weight excluding hydrogens is 220 g/mol. The topological polar surface area (TPSA) is 80.0 Å². The van der Waals surface area contributed by atoms with Crippen molar-refractivity contribution in [1.29, 1.82) is 0 Å². The highest BCUT2D eigenvalue weighted by Gasteiger charge is 2.03. The van der Waals surface area contributed by atoms with Gasteiger partial charge in [-0.15, -0.1) is 0 Å². The van der Waals surface area contributed by atoms with Crippen molar-refractivity contribution in [3.05, 3.63) is 42.0 Å². The van der Waals surface area contributed by atoms with Gasteiger partial charge in [0.2, 0.25) is 0 Å². The van der Waals surface area contributed by atoms with Crippen LogP contribution in [0.15, 0.2) is 30.7 Å². The lowest BCUT2D eigenvalue weighted by Gasteiger charge is -2.02. The minimum atomic E-state index is -0.968. The van der Waals surface area contributed by atoms with Crippen molar-refractivity contribution in [2.75, 3.05) is 5.32 Å². The van der Waals surface area contributed by atoms with Crippen LogP contribution in [0.1, 0.15) is 16.1 Å². The van der Waals surface area contributed by atoms with Crippen molar-refractivity contribution in [3.8, 4) is 0 Å². The molecule has 0 aliphatic carbocycles. The Morgan fingerprint density at radius 1 is 1.47 bits per heavy atom. The molecule has 6 nitrogen and oxygen atoms in total. The number of carboxylic acids is 1. The molecule has 0 aromatic carbocycles. The van der Waals surface area contributed by atoms with E-state index in [2.05, 4.69) is 15.4 Å². The molecule has 0 spiro atoms. The van der Waals surface area contributed by atoms with E-state index in [-0.39, 0.29) is 5.56 Å². The maximum Gasteiger partial charge on any atom is 0.337 e. The molecule has 0 unspecified atom stereocenters. The Morgan fingerprint density at radius 2 is 2.29 bits per heavy atom. The molecule has 0 bridgehead atoms. The molecule has 2 aromatic rings. The molecule has 0 aliphatic rings. The summed E-state index contributed by atoms with van der Waals surface area (Å²) in [4.78, 5) is 14.7. The fourth-order valence-corrected chi connectivity index (χ4v) is 1.36. The summed E-state index contributed by atoms with van der Waals surface area (Å²) in [5.41, 5.74) is 1.87. The second-order valence-corrected chi connectivity index (χ2v) is 3.60. The number of carboxylic acid groups (broad SMARTS) is 1. The van der Waals surface area contributed by atoms with E-state index in [4.69, 9.17) is 5.11 Å². The van der Waals surface area contributed by atoms with Gasteiger partial charge < -0.3 is 10.4 Å². The van der Waals surface area contributed by atoms with Gasteiger partial charge in [0, 0.05) is 19.4 Å². The number of aromatic nitrogens is 3. The minimum absolute atomic E-state index is 0.190. The van der Waals surface area contributed by atoms with E-state index < -0.39 is 5.97 Å². The van der Waals surface area contributed by atoms with Gasteiger partial charge in [-0.3, -0.25) is 9.67 Å². The summed E-state index contributed by atoms with van der Waals surface area (Å²) in [6.07, 6.45) is 4.92. The first-order chi connectivity index (χ1) is 8.15. The van der Waals surface area contributed by atoms with E-state index in [1.807, 2.05) is 13.2 Å². The van der Waals surface area contributed by atoms with Crippen molar-refractivity contribution in [2.45, 2.75) is 6.54 Å². The van der Waals surface area contributed by atoms with Gasteiger partial charge in [-0.2, -0.15) is 5.10 Å². The fourth-order valence-electron chi connectivity index (χ4n) is 1.36. The van der Waals surface area contributed by atoms with Crippen molar-refractivity contribution < 1.29 is 9.90 Å². The molecule has 0 atom stereocenters. The molecule has 2 aromatic heterocycles. The number of nitrogens with zero attached hydrogens (tertiary/aromatic N) is 3. The zero-order valence-corrected chi connectivity index (χ0v) is 9.29. The zero-order chi connectivity index (χ0) is 12.3. The number of pyridine rings is 1. The summed E-state index contributed by atoms with van der Waals surface area (Å²) in [6, 6.07) is 3.22. The fraction of sp³-hybridized carbons (Fsp3) is 0.182. The number of aryl methyl sites for hydroxylation is 1. The lowest BCUT2D eigenvalue weighted by molar-refractivity contribution is 0.0696. The van der Waals surface area contributed by atoms with Crippen LogP contribution in [0.3, 0.4) is 0 Å². The van der Waals surface area contributed by atoms with E-state index >= 15 is 0 Å². The Labute approximate surface area is 97.9 Å². The van der Waals surface area contributed by atoms with Crippen LogP contribution in [0.25, 0.3) is 0 Å². The maximum atomic E-state index is 10.6. The second kappa shape index (κ2) is 4.65. The van der Waals surface area contributed by atoms with Gasteiger partial charge in [-0.1, -0.05) is 0 Å². The lowest BCUT2D eigenvalue weighted by Crippen LogP contribution is -2.03. The first-order valence-electron chi connectivity index (χ1n) is 5.06. The summed E-state index contributed by atoms with van der Waals surface area (Å²) in [6.45, 7) is 0.533. The molecule has 0 saturated heterocycles. The van der Waals surface area contributed by atoms with Gasteiger partial charge in [0.1, 0.15) is 0 Å². The highest BCUT2D eigenvalue weighted by atomic mass is 16.4. The monoisotopic (exact) mass is 232 g/mol. The van der Waals surface area contributed by atoms with Crippen LogP contribution in [-0.2, 0) is 13.6 Å². The van der Waals surface area contributed by atoms with Crippen LogP contribution < -0.4 is 5.32 Å². The number of carbonyl (C=O) groups is 1. The number of aromatic carboxylic acids is 1. The highest BCUT2D eigenvalue weighted by molar-refractivity contribution is 5.87. The quantitative estimate of drug-likeness (QED) is 0.825. The normalized spacial score (nSPS) is 10.2. The van der Waals surface area contributed by atoms with Crippen molar-refractivity contribution in [1.82, 2.24) is 14.8 Å². The first-order valence-corrected chi connectivity index (χ1v) is 5.06. The Morgan fingerprint density at radius 3 is 2.82 bits per heavy atom. The summed E-state index contributed by atoms with van der Waals surface area (Å²) in [5, 5.41) is 15.9. The molecule has 6 heteroatoms. The highest BCUT2D eigenvalue weighted by Crippen LogP contribution is 2.06. The molecule has 0 saturated carbocycles. The number of nitrogens with one attached hydrogen (secondary N) is 1. The molecule has 2 rings (SSSR count). The van der Waals surface area contributed by atoms with Gasteiger partial charge in [0.05, 0.1) is 29.7 Å². The molecule has 2 N–H and O–H groups in total. The summed E-state index contributed by atoms with van der Waals surface area (Å²) in [5.74, 6) is -0.968. The SMILES string of the molecule is Cn1cc(NCc2ccc(C(=O)O)cn2)cn1. The Hall–Kier alpha value is -2.37. The van der Waals surface area contributed by atoms with Crippen LogP contribution >= 0.6 is 0 Å². The third-order valence-electron chi connectivity index (χ3n) is 2.25. The predicted molar refractivity (Wildman–Crippen MR) is 61.7 cm³/mol. The van der Waals surface area contributed by atoms with Gasteiger partial charge >= 0.3 is 5.97 Å². The molecule has 0 aliphatic heterocycles. The zero-order valence-electron chi connectivity index (χ0n) is 9.29. The third kappa shape index (κ3) is 2.81. The predicted octanol–water partition coefficient (Wildman–Crippen LogP) is 1.13.